The highest BCUT2D eigenvalue weighted by Crippen LogP contribution is 2.24. The molecular weight excluding hydrogens is 262 g/mol. The molecule has 4 nitrogen and oxygen atoms in total. The highest BCUT2D eigenvalue weighted by Gasteiger charge is 2.35. The van der Waals surface area contributed by atoms with Gasteiger partial charge in [-0.1, -0.05) is 20.3 Å². The molecule has 2 fully saturated rings. The Bertz CT molecular complexity index is 337. The molecule has 0 spiro atoms. The lowest BCUT2D eigenvalue weighted by Gasteiger charge is -2.41. The normalized spacial score (nSPS) is 27.7. The summed E-state index contributed by atoms with van der Waals surface area (Å²) >= 11 is 0. The van der Waals surface area contributed by atoms with Crippen molar-refractivity contribution in [3.63, 3.8) is 0 Å². The van der Waals surface area contributed by atoms with Crippen molar-refractivity contribution in [1.29, 1.82) is 0 Å². The lowest BCUT2D eigenvalue weighted by atomic mass is 9.90. The molecule has 21 heavy (non-hydrogen) atoms. The Hall–Kier alpha value is -0.610. The number of hydrogen-bond donors (Lipinski definition) is 1. The van der Waals surface area contributed by atoms with Gasteiger partial charge in [0.1, 0.15) is 0 Å². The van der Waals surface area contributed by atoms with Gasteiger partial charge in [-0.05, 0) is 57.5 Å². The summed E-state index contributed by atoms with van der Waals surface area (Å²) in [6.07, 6.45) is 6.05. The maximum atomic E-state index is 13.1. The van der Waals surface area contributed by atoms with Gasteiger partial charge in [0, 0.05) is 19.1 Å². The summed E-state index contributed by atoms with van der Waals surface area (Å²) in [6.45, 7) is 10.4. The van der Waals surface area contributed by atoms with Gasteiger partial charge in [-0.3, -0.25) is 9.69 Å². The van der Waals surface area contributed by atoms with Crippen molar-refractivity contribution in [2.24, 2.45) is 17.6 Å². The fourth-order valence-electron chi connectivity index (χ4n) is 3.89. The Morgan fingerprint density at radius 3 is 2.29 bits per heavy atom. The molecule has 4 heteroatoms. The molecule has 122 valence electrons. The molecule has 2 heterocycles. The predicted molar refractivity (Wildman–Crippen MR) is 87.0 cm³/mol. The molecule has 0 aromatic heterocycles. The van der Waals surface area contributed by atoms with Crippen LogP contribution in [0, 0.1) is 11.8 Å². The van der Waals surface area contributed by atoms with Gasteiger partial charge in [-0.15, -0.1) is 0 Å². The van der Waals surface area contributed by atoms with Crippen molar-refractivity contribution in [3.8, 4) is 0 Å². The van der Waals surface area contributed by atoms with Crippen LogP contribution < -0.4 is 5.73 Å². The predicted octanol–water partition coefficient (Wildman–Crippen LogP) is 2.08. The third kappa shape index (κ3) is 4.19. The first-order chi connectivity index (χ1) is 10.0. The first kappa shape index (κ1) is 16.8. The maximum Gasteiger partial charge on any atom is 0.240 e. The zero-order valence-corrected chi connectivity index (χ0v) is 14.1. The van der Waals surface area contributed by atoms with E-state index in [1.54, 1.807) is 0 Å². The van der Waals surface area contributed by atoms with E-state index in [1.807, 2.05) is 0 Å². The number of nitrogens with zero attached hydrogens (tertiary/aromatic N) is 2. The molecule has 2 aliphatic heterocycles. The van der Waals surface area contributed by atoms with Crippen molar-refractivity contribution < 1.29 is 4.79 Å². The molecule has 0 saturated carbocycles. The van der Waals surface area contributed by atoms with Gasteiger partial charge < -0.3 is 10.6 Å². The Kier molecular flexibility index (Phi) is 6.06. The topological polar surface area (TPSA) is 49.6 Å². The number of rotatable bonds is 4. The van der Waals surface area contributed by atoms with Gasteiger partial charge in [-0.2, -0.15) is 0 Å². The number of nitrogens with two attached hydrogens (primary N) is 1. The van der Waals surface area contributed by atoms with Crippen LogP contribution >= 0.6 is 0 Å². The first-order valence-corrected chi connectivity index (χ1v) is 8.79. The van der Waals surface area contributed by atoms with Crippen LogP contribution in [0.3, 0.4) is 0 Å². The summed E-state index contributed by atoms with van der Waals surface area (Å²) in [5.41, 5.74) is 6.06. The van der Waals surface area contributed by atoms with Gasteiger partial charge >= 0.3 is 0 Å². The number of piperidine rings is 2. The fraction of sp³-hybridized carbons (Fsp3) is 0.941. The number of likely N-dealkylation sites (tertiary alicyclic amines) is 2. The molecule has 2 N–H and O–H groups in total. The molecule has 3 atom stereocenters. The molecule has 1 amide bonds. The average molecular weight is 295 g/mol. The van der Waals surface area contributed by atoms with Gasteiger partial charge in [0.15, 0.2) is 0 Å². The quantitative estimate of drug-likeness (QED) is 0.864. The first-order valence-electron chi connectivity index (χ1n) is 8.79. The second-order valence-corrected chi connectivity index (χ2v) is 7.33. The fourth-order valence-corrected chi connectivity index (χ4v) is 3.89. The molecule has 2 aliphatic rings. The standard InChI is InChI=1S/C17H33N3O/c1-13(2)16(19-9-5-4-6-10-19)17(21)20-11-7-8-15(12-20)14(3)18/h13-16H,4-12,18H2,1-3H3. The van der Waals surface area contributed by atoms with Crippen LogP contribution in [-0.4, -0.2) is 54.0 Å². The van der Waals surface area contributed by atoms with Gasteiger partial charge in [0.2, 0.25) is 5.91 Å². The van der Waals surface area contributed by atoms with Crippen molar-refractivity contribution in [1.82, 2.24) is 9.80 Å². The van der Waals surface area contributed by atoms with E-state index >= 15 is 0 Å². The molecule has 0 aromatic rings. The monoisotopic (exact) mass is 295 g/mol. The van der Waals surface area contributed by atoms with Gasteiger partial charge in [0.05, 0.1) is 6.04 Å². The van der Waals surface area contributed by atoms with E-state index in [4.69, 9.17) is 5.73 Å². The summed E-state index contributed by atoms with van der Waals surface area (Å²) in [5.74, 6) is 1.19. The lowest BCUT2D eigenvalue weighted by Crippen LogP contribution is -2.55. The van der Waals surface area contributed by atoms with E-state index in [9.17, 15) is 4.79 Å². The van der Waals surface area contributed by atoms with E-state index in [-0.39, 0.29) is 12.1 Å². The van der Waals surface area contributed by atoms with Crippen LogP contribution in [0.4, 0.5) is 0 Å². The van der Waals surface area contributed by atoms with Crippen LogP contribution in [0.25, 0.3) is 0 Å². The Labute approximate surface area is 130 Å². The second kappa shape index (κ2) is 7.59. The zero-order valence-electron chi connectivity index (χ0n) is 14.1. The maximum absolute atomic E-state index is 13.1. The minimum atomic E-state index is 0.0668. The largest absolute Gasteiger partial charge is 0.341 e. The number of carbonyl (C=O) groups is 1. The number of carbonyl (C=O) groups excluding carboxylic acids is 1. The summed E-state index contributed by atoms with van der Waals surface area (Å²) in [7, 11) is 0. The molecule has 3 unspecified atom stereocenters. The minimum Gasteiger partial charge on any atom is -0.341 e. The van der Waals surface area contributed by atoms with E-state index < -0.39 is 0 Å². The van der Waals surface area contributed by atoms with Crippen molar-refractivity contribution in [3.05, 3.63) is 0 Å². The molecule has 0 radical (unpaired) electrons. The zero-order chi connectivity index (χ0) is 15.4. The lowest BCUT2D eigenvalue weighted by molar-refractivity contribution is -0.141. The van der Waals surface area contributed by atoms with Crippen molar-refractivity contribution in [2.75, 3.05) is 26.2 Å². The summed E-state index contributed by atoms with van der Waals surface area (Å²) in [4.78, 5) is 17.6. The minimum absolute atomic E-state index is 0.0668. The number of amides is 1. The Morgan fingerprint density at radius 2 is 1.71 bits per heavy atom. The SMILES string of the molecule is CC(C)C(C(=O)N1CCCC(C(C)N)C1)N1CCCCC1. The van der Waals surface area contributed by atoms with Crippen LogP contribution in [0.2, 0.25) is 0 Å². The molecular formula is C17H33N3O. The van der Waals surface area contributed by atoms with Crippen molar-refractivity contribution >= 4 is 5.91 Å². The molecule has 0 aromatic carbocycles. The summed E-state index contributed by atoms with van der Waals surface area (Å²) in [6, 6.07) is 0.255. The number of hydrogen-bond acceptors (Lipinski definition) is 3. The van der Waals surface area contributed by atoms with Gasteiger partial charge in [-0.25, -0.2) is 0 Å². The van der Waals surface area contributed by atoms with Crippen LogP contribution in [0.1, 0.15) is 52.9 Å². The van der Waals surface area contributed by atoms with Gasteiger partial charge in [0.25, 0.3) is 0 Å². The smallest absolute Gasteiger partial charge is 0.240 e. The van der Waals surface area contributed by atoms with E-state index in [0.29, 0.717) is 17.7 Å². The van der Waals surface area contributed by atoms with E-state index in [2.05, 4.69) is 30.6 Å². The second-order valence-electron chi connectivity index (χ2n) is 7.33. The molecule has 0 aliphatic carbocycles. The molecule has 2 rings (SSSR count). The Balaban J connectivity index is 2.03. The highest BCUT2D eigenvalue weighted by atomic mass is 16.2. The van der Waals surface area contributed by atoms with E-state index in [0.717, 1.165) is 39.0 Å². The van der Waals surface area contributed by atoms with Crippen LogP contribution in [0.5, 0.6) is 0 Å². The Morgan fingerprint density at radius 1 is 1.05 bits per heavy atom. The van der Waals surface area contributed by atoms with Crippen LogP contribution in [0.15, 0.2) is 0 Å². The van der Waals surface area contributed by atoms with E-state index in [1.165, 1.54) is 19.3 Å². The van der Waals surface area contributed by atoms with Crippen LogP contribution in [-0.2, 0) is 4.79 Å². The molecule has 0 bridgehead atoms. The molecule has 2 saturated heterocycles. The summed E-state index contributed by atoms with van der Waals surface area (Å²) < 4.78 is 0. The highest BCUT2D eigenvalue weighted by molar-refractivity contribution is 5.82. The average Bonchev–Trinajstić information content (AvgIpc) is 2.48. The third-order valence-electron chi connectivity index (χ3n) is 5.18. The summed E-state index contributed by atoms with van der Waals surface area (Å²) in [5, 5.41) is 0. The third-order valence-corrected chi connectivity index (χ3v) is 5.18. The van der Waals surface area contributed by atoms with Crippen molar-refractivity contribution in [2.45, 2.75) is 65.0 Å².